The first-order valence-electron chi connectivity index (χ1n) is 6.73. The Labute approximate surface area is 117 Å². The van der Waals surface area contributed by atoms with Crippen LogP contribution in [0.1, 0.15) is 16.8 Å². The molecule has 0 spiro atoms. The Morgan fingerprint density at radius 2 is 2.20 bits per heavy atom. The van der Waals surface area contributed by atoms with Gasteiger partial charge in [0.05, 0.1) is 12.7 Å². The van der Waals surface area contributed by atoms with Crippen molar-refractivity contribution in [3.63, 3.8) is 0 Å². The zero-order valence-electron chi connectivity index (χ0n) is 11.3. The normalized spacial score (nSPS) is 25.1. The van der Waals surface area contributed by atoms with E-state index >= 15 is 0 Å². The predicted octanol–water partition coefficient (Wildman–Crippen LogP) is 0.298. The number of pyridine rings is 1. The second kappa shape index (κ2) is 5.11. The molecule has 1 N–H and O–H groups in total. The second-order valence-corrected chi connectivity index (χ2v) is 5.33. The molecule has 6 nitrogen and oxygen atoms in total. The maximum absolute atomic E-state index is 12.4. The number of ether oxygens (including phenoxy) is 1. The van der Waals surface area contributed by atoms with Crippen molar-refractivity contribution in [2.24, 2.45) is 11.8 Å². The number of hydrogen-bond acceptors (Lipinski definition) is 4. The van der Waals surface area contributed by atoms with Crippen LogP contribution >= 0.6 is 0 Å². The Morgan fingerprint density at radius 3 is 2.90 bits per heavy atom. The molecular formula is C14H17N3O3. The molecule has 1 aromatic heterocycles. The Hall–Kier alpha value is -2.11. The number of fused-ring (bicyclic) bond motifs is 1. The third-order valence-electron chi connectivity index (χ3n) is 4.07. The van der Waals surface area contributed by atoms with Gasteiger partial charge in [0.1, 0.15) is 0 Å². The van der Waals surface area contributed by atoms with E-state index in [0.717, 1.165) is 0 Å². The quantitative estimate of drug-likeness (QED) is 0.842. The molecule has 2 saturated heterocycles. The summed E-state index contributed by atoms with van der Waals surface area (Å²) >= 11 is 0. The topological polar surface area (TPSA) is 71.5 Å². The third-order valence-corrected chi connectivity index (χ3v) is 4.07. The average molecular weight is 275 g/mol. The molecule has 0 radical (unpaired) electrons. The minimum absolute atomic E-state index is 0.0259. The van der Waals surface area contributed by atoms with E-state index in [-0.39, 0.29) is 11.8 Å². The molecule has 2 atom stereocenters. The first-order chi connectivity index (χ1) is 9.67. The molecule has 106 valence electrons. The van der Waals surface area contributed by atoms with Crippen molar-refractivity contribution in [3.8, 4) is 5.88 Å². The lowest BCUT2D eigenvalue weighted by Crippen LogP contribution is -2.40. The smallest absolute Gasteiger partial charge is 0.255 e. The molecule has 0 bridgehead atoms. The molecule has 0 unspecified atom stereocenters. The number of nitrogens with zero attached hydrogens (tertiary/aromatic N) is 2. The van der Waals surface area contributed by atoms with Crippen molar-refractivity contribution in [1.82, 2.24) is 15.2 Å². The van der Waals surface area contributed by atoms with Gasteiger partial charge in [-0.15, -0.1) is 0 Å². The summed E-state index contributed by atoms with van der Waals surface area (Å²) in [5.74, 6) is 1.22. The molecule has 0 aromatic carbocycles. The van der Waals surface area contributed by atoms with Crippen LogP contribution in [0.5, 0.6) is 5.88 Å². The second-order valence-electron chi connectivity index (χ2n) is 5.33. The Morgan fingerprint density at radius 1 is 1.40 bits per heavy atom. The Kier molecular flexibility index (Phi) is 3.30. The van der Waals surface area contributed by atoms with Gasteiger partial charge in [0.15, 0.2) is 0 Å². The van der Waals surface area contributed by atoms with E-state index in [1.54, 1.807) is 19.2 Å². The van der Waals surface area contributed by atoms with Gasteiger partial charge in [-0.3, -0.25) is 9.59 Å². The first kappa shape index (κ1) is 12.9. The molecule has 20 heavy (non-hydrogen) atoms. The van der Waals surface area contributed by atoms with E-state index in [4.69, 9.17) is 4.74 Å². The lowest BCUT2D eigenvalue weighted by Gasteiger charge is -2.23. The summed E-state index contributed by atoms with van der Waals surface area (Å²) in [4.78, 5) is 29.7. The van der Waals surface area contributed by atoms with E-state index in [2.05, 4.69) is 10.3 Å². The van der Waals surface area contributed by atoms with Crippen LogP contribution in [-0.4, -0.2) is 48.4 Å². The SMILES string of the molecule is COc1ccc(C(=O)N2C[C@H]3CNC(=O)C[C@H]3C2)cn1. The van der Waals surface area contributed by atoms with Crippen LogP contribution in [0, 0.1) is 11.8 Å². The summed E-state index contributed by atoms with van der Waals surface area (Å²) in [6.45, 7) is 2.03. The summed E-state index contributed by atoms with van der Waals surface area (Å²) < 4.78 is 4.98. The summed E-state index contributed by atoms with van der Waals surface area (Å²) in [6.07, 6.45) is 2.06. The van der Waals surface area contributed by atoms with Crippen LogP contribution in [0.3, 0.4) is 0 Å². The fourth-order valence-electron chi connectivity index (χ4n) is 2.93. The number of hydrogen-bond donors (Lipinski definition) is 1. The van der Waals surface area contributed by atoms with E-state index < -0.39 is 0 Å². The highest BCUT2D eigenvalue weighted by Gasteiger charge is 2.39. The minimum atomic E-state index is -0.0259. The van der Waals surface area contributed by atoms with Crippen LogP contribution in [0.2, 0.25) is 0 Å². The van der Waals surface area contributed by atoms with Crippen molar-refractivity contribution in [2.75, 3.05) is 26.7 Å². The van der Waals surface area contributed by atoms with Crippen LogP contribution in [-0.2, 0) is 4.79 Å². The lowest BCUT2D eigenvalue weighted by atomic mass is 9.89. The number of carbonyl (C=O) groups is 2. The first-order valence-corrected chi connectivity index (χ1v) is 6.73. The zero-order valence-corrected chi connectivity index (χ0v) is 11.3. The van der Waals surface area contributed by atoms with Crippen LogP contribution in [0.25, 0.3) is 0 Å². The number of piperidine rings is 1. The number of aromatic nitrogens is 1. The van der Waals surface area contributed by atoms with Crippen molar-refractivity contribution in [2.45, 2.75) is 6.42 Å². The van der Waals surface area contributed by atoms with Gasteiger partial charge >= 0.3 is 0 Å². The molecule has 2 aliphatic heterocycles. The molecule has 2 aliphatic rings. The molecular weight excluding hydrogens is 258 g/mol. The number of methoxy groups -OCH3 is 1. The number of carbonyl (C=O) groups excluding carboxylic acids is 2. The average Bonchev–Trinajstić information content (AvgIpc) is 2.89. The standard InChI is InChI=1S/C14H17N3O3/c1-20-13-3-2-9(5-16-13)14(19)17-7-10-4-12(18)15-6-11(10)8-17/h2-3,5,10-11H,4,6-8H2,1H3,(H,15,18)/t10-,11+/m0/s1. The van der Waals surface area contributed by atoms with Crippen molar-refractivity contribution in [3.05, 3.63) is 23.9 Å². The van der Waals surface area contributed by atoms with E-state index in [9.17, 15) is 9.59 Å². The molecule has 6 heteroatoms. The Bertz CT molecular complexity index is 529. The van der Waals surface area contributed by atoms with Crippen molar-refractivity contribution < 1.29 is 14.3 Å². The molecule has 2 fully saturated rings. The number of amides is 2. The van der Waals surface area contributed by atoms with Gasteiger partial charge in [0.2, 0.25) is 11.8 Å². The maximum Gasteiger partial charge on any atom is 0.255 e. The monoisotopic (exact) mass is 275 g/mol. The van der Waals surface area contributed by atoms with Crippen LogP contribution < -0.4 is 10.1 Å². The maximum atomic E-state index is 12.4. The van der Waals surface area contributed by atoms with Gasteiger partial charge in [-0.1, -0.05) is 0 Å². The highest BCUT2D eigenvalue weighted by Crippen LogP contribution is 2.29. The lowest BCUT2D eigenvalue weighted by molar-refractivity contribution is -0.124. The number of rotatable bonds is 2. The molecule has 3 rings (SSSR count). The molecule has 3 heterocycles. The van der Waals surface area contributed by atoms with Crippen molar-refractivity contribution >= 4 is 11.8 Å². The molecule has 0 aliphatic carbocycles. The zero-order chi connectivity index (χ0) is 14.1. The van der Waals surface area contributed by atoms with E-state index in [1.807, 2.05) is 4.90 Å². The van der Waals surface area contributed by atoms with Gasteiger partial charge < -0.3 is 15.0 Å². The Balaban J connectivity index is 1.70. The van der Waals surface area contributed by atoms with Gasteiger partial charge in [0, 0.05) is 38.3 Å². The van der Waals surface area contributed by atoms with E-state index in [0.29, 0.717) is 49.3 Å². The van der Waals surface area contributed by atoms with Gasteiger partial charge in [-0.2, -0.15) is 0 Å². The predicted molar refractivity (Wildman–Crippen MR) is 71.3 cm³/mol. The fraction of sp³-hybridized carbons (Fsp3) is 0.500. The largest absolute Gasteiger partial charge is 0.481 e. The molecule has 1 aromatic rings. The fourth-order valence-corrected chi connectivity index (χ4v) is 2.93. The molecule has 2 amide bonds. The number of nitrogens with one attached hydrogen (secondary N) is 1. The summed E-state index contributed by atoms with van der Waals surface area (Å²) in [5, 5.41) is 2.86. The van der Waals surface area contributed by atoms with Crippen molar-refractivity contribution in [1.29, 1.82) is 0 Å². The van der Waals surface area contributed by atoms with Crippen LogP contribution in [0.15, 0.2) is 18.3 Å². The molecule has 0 saturated carbocycles. The highest BCUT2D eigenvalue weighted by molar-refractivity contribution is 5.94. The van der Waals surface area contributed by atoms with E-state index in [1.165, 1.54) is 6.20 Å². The van der Waals surface area contributed by atoms with Gasteiger partial charge in [-0.05, 0) is 17.9 Å². The summed E-state index contributed by atoms with van der Waals surface area (Å²) in [6, 6.07) is 3.40. The third kappa shape index (κ3) is 2.33. The number of likely N-dealkylation sites (tertiary alicyclic amines) is 1. The van der Waals surface area contributed by atoms with Gasteiger partial charge in [0.25, 0.3) is 5.91 Å². The summed E-state index contributed by atoms with van der Waals surface area (Å²) in [5.41, 5.74) is 0.559. The minimum Gasteiger partial charge on any atom is -0.481 e. The van der Waals surface area contributed by atoms with Gasteiger partial charge in [-0.25, -0.2) is 4.98 Å². The van der Waals surface area contributed by atoms with Crippen LogP contribution in [0.4, 0.5) is 0 Å². The highest BCUT2D eigenvalue weighted by atomic mass is 16.5. The summed E-state index contributed by atoms with van der Waals surface area (Å²) in [7, 11) is 1.54.